The Kier molecular flexibility index (Phi) is 3.02. The van der Waals surface area contributed by atoms with Gasteiger partial charge in [0.15, 0.2) is 0 Å². The molecule has 0 aliphatic carbocycles. The quantitative estimate of drug-likeness (QED) is 0.457. The largest absolute Gasteiger partial charge is 0.294 e. The van der Waals surface area contributed by atoms with E-state index in [1.807, 2.05) is 0 Å². The number of nitrogens with zero attached hydrogens (tertiary/aromatic N) is 2. The fourth-order valence-corrected chi connectivity index (χ4v) is 3.49. The van der Waals surface area contributed by atoms with E-state index in [9.17, 15) is 0 Å². The van der Waals surface area contributed by atoms with Crippen LogP contribution in [0.25, 0.3) is 27.6 Å². The van der Waals surface area contributed by atoms with Gasteiger partial charge in [-0.25, -0.2) is 4.57 Å². The van der Waals surface area contributed by atoms with E-state index >= 15 is 0 Å². The molecule has 23 heavy (non-hydrogen) atoms. The molecule has 0 spiro atoms. The van der Waals surface area contributed by atoms with E-state index < -0.39 is 0 Å². The van der Waals surface area contributed by atoms with Crippen molar-refractivity contribution in [1.29, 1.82) is 0 Å². The summed E-state index contributed by atoms with van der Waals surface area (Å²) in [7, 11) is 2.12. The highest BCUT2D eigenvalue weighted by molar-refractivity contribution is 6.07. The van der Waals surface area contributed by atoms with Crippen molar-refractivity contribution < 1.29 is 4.57 Å². The molecule has 2 aromatic heterocycles. The number of aromatic nitrogens is 2. The van der Waals surface area contributed by atoms with Gasteiger partial charge >= 0.3 is 0 Å². The molecule has 4 aromatic rings. The maximum absolute atomic E-state index is 2.40. The van der Waals surface area contributed by atoms with Crippen LogP contribution in [0.2, 0.25) is 0 Å². The molecular weight excluding hydrogens is 280 g/mol. The topological polar surface area (TPSA) is 8.81 Å². The van der Waals surface area contributed by atoms with Gasteiger partial charge in [-0.05, 0) is 62.2 Å². The fraction of sp³-hybridized carbons (Fsp3) is 0.190. The molecule has 114 valence electrons. The first-order valence-corrected chi connectivity index (χ1v) is 8.04. The number of rotatable bonds is 1. The van der Waals surface area contributed by atoms with Gasteiger partial charge in [-0.3, -0.25) is 0 Å². The van der Waals surface area contributed by atoms with Crippen LogP contribution in [0.5, 0.6) is 0 Å². The van der Waals surface area contributed by atoms with E-state index in [-0.39, 0.29) is 0 Å². The Bertz CT molecular complexity index is 1050. The third-order valence-electron chi connectivity index (χ3n) is 4.86. The first kappa shape index (κ1) is 14.0. The van der Waals surface area contributed by atoms with E-state index in [1.165, 1.54) is 44.3 Å². The van der Waals surface area contributed by atoms with Crippen LogP contribution in [0.15, 0.2) is 54.7 Å². The molecule has 2 heteroatoms. The van der Waals surface area contributed by atoms with Crippen molar-refractivity contribution in [2.24, 2.45) is 7.05 Å². The molecule has 0 aliphatic heterocycles. The molecule has 0 radical (unpaired) electrons. The van der Waals surface area contributed by atoms with Crippen molar-refractivity contribution in [3.05, 3.63) is 71.4 Å². The molecule has 0 saturated heterocycles. The zero-order valence-electron chi connectivity index (χ0n) is 14.1. The molecule has 0 atom stereocenters. The van der Waals surface area contributed by atoms with E-state index in [4.69, 9.17) is 0 Å². The van der Waals surface area contributed by atoms with E-state index in [0.717, 1.165) is 0 Å². The van der Waals surface area contributed by atoms with Gasteiger partial charge in [0.25, 0.3) is 5.65 Å². The summed E-state index contributed by atoms with van der Waals surface area (Å²) in [5.74, 6) is 0. The Morgan fingerprint density at radius 1 is 0.870 bits per heavy atom. The highest BCUT2D eigenvalue weighted by Crippen LogP contribution is 2.32. The minimum absolute atomic E-state index is 1.24. The first-order valence-electron chi connectivity index (χ1n) is 8.04. The minimum atomic E-state index is 1.24. The third-order valence-corrected chi connectivity index (χ3v) is 4.86. The molecule has 0 N–H and O–H groups in total. The number of pyridine rings is 1. The van der Waals surface area contributed by atoms with Crippen molar-refractivity contribution in [2.75, 3.05) is 0 Å². The number of hydrogen-bond donors (Lipinski definition) is 0. The monoisotopic (exact) mass is 301 g/mol. The minimum Gasteiger partial charge on any atom is -0.236 e. The Balaban J connectivity index is 2.26. The molecule has 4 rings (SSSR count). The van der Waals surface area contributed by atoms with Crippen molar-refractivity contribution >= 4 is 21.9 Å². The first-order chi connectivity index (χ1) is 11.1. The highest BCUT2D eigenvalue weighted by Gasteiger charge is 2.22. The summed E-state index contributed by atoms with van der Waals surface area (Å²) < 4.78 is 4.61. The van der Waals surface area contributed by atoms with Crippen LogP contribution in [0, 0.1) is 20.8 Å². The molecule has 0 aliphatic rings. The van der Waals surface area contributed by atoms with Crippen LogP contribution >= 0.6 is 0 Å². The lowest BCUT2D eigenvalue weighted by Crippen LogP contribution is -2.30. The van der Waals surface area contributed by atoms with Gasteiger partial charge in [0.1, 0.15) is 11.2 Å². The summed E-state index contributed by atoms with van der Waals surface area (Å²) in [6.45, 7) is 6.54. The van der Waals surface area contributed by atoms with Crippen molar-refractivity contribution in [2.45, 2.75) is 20.8 Å². The van der Waals surface area contributed by atoms with Gasteiger partial charge in [0, 0.05) is 5.39 Å². The van der Waals surface area contributed by atoms with E-state index in [2.05, 4.69) is 91.7 Å². The van der Waals surface area contributed by atoms with Gasteiger partial charge in [-0.1, -0.05) is 23.8 Å². The van der Waals surface area contributed by atoms with Crippen LogP contribution in [-0.2, 0) is 7.05 Å². The van der Waals surface area contributed by atoms with Gasteiger partial charge in [0.2, 0.25) is 0 Å². The summed E-state index contributed by atoms with van der Waals surface area (Å²) in [5.41, 5.74) is 7.71. The van der Waals surface area contributed by atoms with Gasteiger partial charge in [-0.15, -0.1) is 0 Å². The van der Waals surface area contributed by atoms with E-state index in [1.54, 1.807) is 0 Å². The Labute approximate surface area is 136 Å². The summed E-state index contributed by atoms with van der Waals surface area (Å²) in [4.78, 5) is 0. The lowest BCUT2D eigenvalue weighted by molar-refractivity contribution is -0.647. The smallest absolute Gasteiger partial charge is 0.236 e. The number of benzene rings is 2. The highest BCUT2D eigenvalue weighted by atomic mass is 15.1. The lowest BCUT2D eigenvalue weighted by atomic mass is 10.1. The second kappa shape index (κ2) is 4.95. The molecule has 0 fully saturated rings. The SMILES string of the molecule is Cc1ccc2c(c1)c1ccc[n+](C)c1n2-c1cccc(C)c1C. The summed E-state index contributed by atoms with van der Waals surface area (Å²) in [6, 6.07) is 17.6. The molecular formula is C21H21N2+. The Morgan fingerprint density at radius 2 is 1.70 bits per heavy atom. The summed E-state index contributed by atoms with van der Waals surface area (Å²) in [5, 5.41) is 2.62. The molecule has 0 bridgehead atoms. The van der Waals surface area contributed by atoms with Crippen LogP contribution in [-0.4, -0.2) is 4.57 Å². The Hall–Kier alpha value is -2.61. The molecule has 0 saturated carbocycles. The van der Waals surface area contributed by atoms with Crippen LogP contribution in [0.3, 0.4) is 0 Å². The Morgan fingerprint density at radius 3 is 2.52 bits per heavy atom. The van der Waals surface area contributed by atoms with Crippen LogP contribution in [0.4, 0.5) is 0 Å². The zero-order valence-corrected chi connectivity index (χ0v) is 14.1. The van der Waals surface area contributed by atoms with Crippen LogP contribution < -0.4 is 4.57 Å². The number of hydrogen-bond acceptors (Lipinski definition) is 0. The van der Waals surface area contributed by atoms with Crippen molar-refractivity contribution in [1.82, 2.24) is 4.57 Å². The van der Waals surface area contributed by atoms with E-state index in [0.29, 0.717) is 0 Å². The normalized spacial score (nSPS) is 11.5. The molecule has 2 aromatic carbocycles. The third kappa shape index (κ3) is 1.98. The van der Waals surface area contributed by atoms with Crippen molar-refractivity contribution in [3.63, 3.8) is 0 Å². The maximum atomic E-state index is 2.40. The molecule has 2 nitrogen and oxygen atoms in total. The second-order valence-electron chi connectivity index (χ2n) is 6.43. The molecule has 0 unspecified atom stereocenters. The number of fused-ring (bicyclic) bond motifs is 3. The van der Waals surface area contributed by atoms with Gasteiger partial charge in [0.05, 0.1) is 18.6 Å². The van der Waals surface area contributed by atoms with Gasteiger partial charge < -0.3 is 0 Å². The number of aryl methyl sites for hydroxylation is 3. The summed E-state index contributed by atoms with van der Waals surface area (Å²) >= 11 is 0. The standard InChI is InChI=1S/C21H21N2/c1-14-10-11-20-18(13-14)17-8-6-12-22(4)21(17)23(20)19-9-5-7-15(2)16(19)3/h5-13H,1-4H3/q+1. The fourth-order valence-electron chi connectivity index (χ4n) is 3.49. The predicted octanol–water partition coefficient (Wildman–Crippen LogP) is 4.53. The second-order valence-corrected chi connectivity index (χ2v) is 6.43. The zero-order chi connectivity index (χ0) is 16.1. The summed E-state index contributed by atoms with van der Waals surface area (Å²) in [6.07, 6.45) is 2.12. The maximum Gasteiger partial charge on any atom is 0.294 e. The average molecular weight is 301 g/mol. The predicted molar refractivity (Wildman–Crippen MR) is 96.2 cm³/mol. The lowest BCUT2D eigenvalue weighted by Gasteiger charge is -2.07. The van der Waals surface area contributed by atoms with Gasteiger partial charge in [-0.2, -0.15) is 4.57 Å². The van der Waals surface area contributed by atoms with Crippen LogP contribution in [0.1, 0.15) is 16.7 Å². The molecule has 0 amide bonds. The van der Waals surface area contributed by atoms with Crippen molar-refractivity contribution in [3.8, 4) is 5.69 Å². The molecule has 2 heterocycles. The average Bonchev–Trinajstić information content (AvgIpc) is 2.85.